The van der Waals surface area contributed by atoms with Crippen LogP contribution < -0.4 is 0 Å². The van der Waals surface area contributed by atoms with Crippen molar-refractivity contribution in [2.75, 3.05) is 26.2 Å². The lowest BCUT2D eigenvalue weighted by molar-refractivity contribution is 0.0534. The number of piperazine rings is 1. The van der Waals surface area contributed by atoms with Crippen LogP contribution in [-0.2, 0) is 13.0 Å². The van der Waals surface area contributed by atoms with Crippen molar-refractivity contribution in [3.63, 3.8) is 0 Å². The summed E-state index contributed by atoms with van der Waals surface area (Å²) in [5.41, 5.74) is 3.26. The van der Waals surface area contributed by atoms with E-state index in [0.29, 0.717) is 59.3 Å². The Hall–Kier alpha value is -3.13. The highest BCUT2D eigenvalue weighted by Crippen LogP contribution is 2.32. The second kappa shape index (κ2) is 8.43. The Morgan fingerprint density at radius 1 is 1.00 bits per heavy atom. The maximum Gasteiger partial charge on any atom is 0.259 e. The van der Waals surface area contributed by atoms with Gasteiger partial charge in [0, 0.05) is 38.3 Å². The molecule has 32 heavy (non-hydrogen) atoms. The van der Waals surface area contributed by atoms with Crippen LogP contribution in [0.2, 0.25) is 5.02 Å². The Labute approximate surface area is 190 Å². The van der Waals surface area contributed by atoms with Crippen LogP contribution in [0.3, 0.4) is 0 Å². The monoisotopic (exact) mass is 453 g/mol. The lowest BCUT2D eigenvalue weighted by Crippen LogP contribution is -2.50. The van der Waals surface area contributed by atoms with Crippen LogP contribution in [0.1, 0.15) is 45.0 Å². The number of hydrogen-bond donors (Lipinski definition) is 0. The molecular formula is C23H24ClN5O3. The first-order valence-corrected chi connectivity index (χ1v) is 11.3. The van der Waals surface area contributed by atoms with Gasteiger partial charge in [0.1, 0.15) is 17.0 Å². The maximum absolute atomic E-state index is 13.3. The molecule has 1 fully saturated rings. The molecule has 2 amide bonds. The number of halogens is 1. The quantitative estimate of drug-likeness (QED) is 0.606. The molecule has 1 aromatic carbocycles. The zero-order valence-corrected chi connectivity index (χ0v) is 18.6. The first-order chi connectivity index (χ1) is 15.5. The highest BCUT2D eigenvalue weighted by atomic mass is 35.5. The SMILES string of the molecule is Cc1onc(-c2ccccc2Cl)c1C(=O)N1CCN(C(=O)c2cnn3c2CCCC3)CC1. The second-order valence-corrected chi connectivity index (χ2v) is 8.62. The van der Waals surface area contributed by atoms with Crippen molar-refractivity contribution in [2.45, 2.75) is 32.7 Å². The summed E-state index contributed by atoms with van der Waals surface area (Å²) in [7, 11) is 0. The summed E-state index contributed by atoms with van der Waals surface area (Å²) in [5, 5.41) is 8.99. The normalized spacial score (nSPS) is 16.2. The Morgan fingerprint density at radius 3 is 2.47 bits per heavy atom. The Balaban J connectivity index is 1.31. The fraction of sp³-hybridized carbons (Fsp3) is 0.391. The summed E-state index contributed by atoms with van der Waals surface area (Å²) in [6, 6.07) is 7.25. The molecule has 8 nitrogen and oxygen atoms in total. The van der Waals surface area contributed by atoms with Gasteiger partial charge in [-0.15, -0.1) is 0 Å². The van der Waals surface area contributed by atoms with Gasteiger partial charge in [0.15, 0.2) is 0 Å². The van der Waals surface area contributed by atoms with Crippen molar-refractivity contribution in [1.82, 2.24) is 24.7 Å². The second-order valence-electron chi connectivity index (χ2n) is 8.21. The van der Waals surface area contributed by atoms with Crippen molar-refractivity contribution in [3.8, 4) is 11.3 Å². The number of carbonyl (C=O) groups excluding carboxylic acids is 2. The minimum Gasteiger partial charge on any atom is -0.360 e. The number of carbonyl (C=O) groups is 2. The number of aromatic nitrogens is 3. The number of nitrogens with zero attached hydrogens (tertiary/aromatic N) is 5. The van der Waals surface area contributed by atoms with E-state index in [0.717, 1.165) is 31.5 Å². The molecule has 166 valence electrons. The molecule has 0 N–H and O–H groups in total. The number of amides is 2. The highest BCUT2D eigenvalue weighted by Gasteiger charge is 2.32. The molecule has 5 rings (SSSR count). The largest absolute Gasteiger partial charge is 0.360 e. The van der Waals surface area contributed by atoms with E-state index in [2.05, 4.69) is 10.3 Å². The van der Waals surface area contributed by atoms with Gasteiger partial charge in [-0.2, -0.15) is 5.10 Å². The Bertz CT molecular complexity index is 1180. The zero-order chi connectivity index (χ0) is 22.2. The van der Waals surface area contributed by atoms with Crippen LogP contribution in [0.5, 0.6) is 0 Å². The standard InChI is InChI=1S/C23H24ClN5O3/c1-15-20(21(26-32-15)16-6-2-3-7-18(16)24)23(31)28-12-10-27(11-13-28)22(30)17-14-25-29-9-5-4-8-19(17)29/h2-3,6-7,14H,4-5,8-13H2,1H3. The average molecular weight is 454 g/mol. The van der Waals surface area contributed by atoms with Crippen molar-refractivity contribution < 1.29 is 14.1 Å². The molecule has 3 aromatic rings. The minimum atomic E-state index is -0.159. The summed E-state index contributed by atoms with van der Waals surface area (Å²) < 4.78 is 7.29. The number of benzene rings is 1. The zero-order valence-electron chi connectivity index (χ0n) is 17.9. The predicted octanol–water partition coefficient (Wildman–Crippen LogP) is 3.43. The Morgan fingerprint density at radius 2 is 1.72 bits per heavy atom. The predicted molar refractivity (Wildman–Crippen MR) is 119 cm³/mol. The topological polar surface area (TPSA) is 84.5 Å². The first kappa shape index (κ1) is 20.8. The van der Waals surface area contributed by atoms with E-state index in [-0.39, 0.29) is 11.8 Å². The van der Waals surface area contributed by atoms with Gasteiger partial charge in [0.2, 0.25) is 0 Å². The summed E-state index contributed by atoms with van der Waals surface area (Å²) >= 11 is 6.33. The van der Waals surface area contributed by atoms with Crippen LogP contribution in [-0.4, -0.2) is 62.7 Å². The molecule has 4 heterocycles. The van der Waals surface area contributed by atoms with Crippen LogP contribution >= 0.6 is 11.6 Å². The third kappa shape index (κ3) is 3.58. The molecular weight excluding hydrogens is 430 g/mol. The van der Waals surface area contributed by atoms with Crippen LogP contribution in [0.15, 0.2) is 35.0 Å². The van der Waals surface area contributed by atoms with Gasteiger partial charge in [-0.05, 0) is 32.3 Å². The van der Waals surface area contributed by atoms with Crippen molar-refractivity contribution in [3.05, 3.63) is 58.1 Å². The first-order valence-electron chi connectivity index (χ1n) is 10.9. The molecule has 0 unspecified atom stereocenters. The molecule has 2 aliphatic rings. The summed E-state index contributed by atoms with van der Waals surface area (Å²) in [6.07, 6.45) is 4.76. The van der Waals surface area contributed by atoms with Gasteiger partial charge in [-0.3, -0.25) is 14.3 Å². The van der Waals surface area contributed by atoms with Crippen LogP contribution in [0.4, 0.5) is 0 Å². The van der Waals surface area contributed by atoms with E-state index in [1.165, 1.54) is 0 Å². The third-order valence-electron chi connectivity index (χ3n) is 6.27. The highest BCUT2D eigenvalue weighted by molar-refractivity contribution is 6.33. The van der Waals surface area contributed by atoms with E-state index in [9.17, 15) is 9.59 Å². The van der Waals surface area contributed by atoms with Gasteiger partial charge in [0.05, 0.1) is 22.5 Å². The fourth-order valence-corrected chi connectivity index (χ4v) is 4.73. The van der Waals surface area contributed by atoms with Gasteiger partial charge >= 0.3 is 0 Å². The minimum absolute atomic E-state index is 0.00170. The average Bonchev–Trinajstić information content (AvgIpc) is 3.42. The molecule has 0 spiro atoms. The molecule has 2 aliphatic heterocycles. The van der Waals surface area contributed by atoms with Gasteiger partial charge in [-0.25, -0.2) is 0 Å². The van der Waals surface area contributed by atoms with E-state index < -0.39 is 0 Å². The van der Waals surface area contributed by atoms with E-state index in [1.54, 1.807) is 24.1 Å². The van der Waals surface area contributed by atoms with Crippen LogP contribution in [0, 0.1) is 6.92 Å². The van der Waals surface area contributed by atoms with Crippen molar-refractivity contribution in [2.24, 2.45) is 0 Å². The smallest absolute Gasteiger partial charge is 0.259 e. The number of aryl methyl sites for hydroxylation is 2. The molecule has 0 radical (unpaired) electrons. The molecule has 2 aromatic heterocycles. The maximum atomic E-state index is 13.3. The van der Waals surface area contributed by atoms with Gasteiger partial charge in [0.25, 0.3) is 11.8 Å². The van der Waals surface area contributed by atoms with Crippen LogP contribution in [0.25, 0.3) is 11.3 Å². The third-order valence-corrected chi connectivity index (χ3v) is 6.60. The van der Waals surface area contributed by atoms with Gasteiger partial charge < -0.3 is 14.3 Å². The lowest BCUT2D eigenvalue weighted by atomic mass is 10.0. The van der Waals surface area contributed by atoms with Gasteiger partial charge in [-0.1, -0.05) is 35.0 Å². The molecule has 9 heteroatoms. The van der Waals surface area contributed by atoms with Crippen molar-refractivity contribution >= 4 is 23.4 Å². The summed E-state index contributed by atoms with van der Waals surface area (Å²) in [4.78, 5) is 30.0. The van der Waals surface area contributed by atoms with Crippen molar-refractivity contribution in [1.29, 1.82) is 0 Å². The molecule has 0 atom stereocenters. The Kier molecular flexibility index (Phi) is 5.46. The summed E-state index contributed by atoms with van der Waals surface area (Å²) in [5.74, 6) is 0.293. The summed E-state index contributed by atoms with van der Waals surface area (Å²) in [6.45, 7) is 4.43. The molecule has 0 bridgehead atoms. The van der Waals surface area contributed by atoms with E-state index >= 15 is 0 Å². The molecule has 0 saturated carbocycles. The number of hydrogen-bond acceptors (Lipinski definition) is 5. The molecule has 0 aliphatic carbocycles. The van der Waals surface area contributed by atoms with E-state index in [1.807, 2.05) is 27.8 Å². The number of rotatable bonds is 3. The number of fused-ring (bicyclic) bond motifs is 1. The molecule has 1 saturated heterocycles. The van der Waals surface area contributed by atoms with E-state index in [4.69, 9.17) is 16.1 Å². The lowest BCUT2D eigenvalue weighted by Gasteiger charge is -2.35. The fourth-order valence-electron chi connectivity index (χ4n) is 4.50.